The summed E-state index contributed by atoms with van der Waals surface area (Å²) in [5.41, 5.74) is 0.789. The Hall–Kier alpha value is -2.75. The van der Waals surface area contributed by atoms with Crippen molar-refractivity contribution in [2.75, 3.05) is 18.0 Å². The maximum atomic E-state index is 13.3. The molecule has 10 heteroatoms. The normalized spacial score (nSPS) is 20.5. The molecule has 30 heavy (non-hydrogen) atoms. The number of anilines is 1. The van der Waals surface area contributed by atoms with Crippen LogP contribution in [0.2, 0.25) is 5.02 Å². The van der Waals surface area contributed by atoms with Gasteiger partial charge in [-0.1, -0.05) is 23.7 Å². The number of benzene rings is 2. The summed E-state index contributed by atoms with van der Waals surface area (Å²) in [7, 11) is -4.03. The number of halogens is 1. The molecule has 2 fully saturated rings. The van der Waals surface area contributed by atoms with Crippen LogP contribution in [0.4, 0.5) is 5.69 Å². The summed E-state index contributed by atoms with van der Waals surface area (Å²) in [6, 6.07) is 11.0. The molecule has 2 aromatic carbocycles. The third-order valence-electron chi connectivity index (χ3n) is 5.09. The van der Waals surface area contributed by atoms with Crippen molar-refractivity contribution in [2.45, 2.75) is 23.8 Å². The fraction of sp³-hybridized carbons (Fsp3) is 0.250. The van der Waals surface area contributed by atoms with Gasteiger partial charge in [-0.05, 0) is 42.0 Å². The fourth-order valence-electron chi connectivity index (χ4n) is 3.67. The van der Waals surface area contributed by atoms with Crippen LogP contribution in [0.25, 0.3) is 0 Å². The Balaban J connectivity index is 1.68. The lowest BCUT2D eigenvalue weighted by atomic mass is 10.0. The van der Waals surface area contributed by atoms with E-state index in [1.807, 2.05) is 0 Å². The van der Waals surface area contributed by atoms with E-state index in [9.17, 15) is 22.8 Å². The molecule has 2 aliphatic rings. The van der Waals surface area contributed by atoms with E-state index in [1.165, 1.54) is 24.3 Å². The van der Waals surface area contributed by atoms with Gasteiger partial charge in [-0.2, -0.15) is 4.31 Å². The van der Waals surface area contributed by atoms with E-state index in [0.29, 0.717) is 16.3 Å². The van der Waals surface area contributed by atoms with Crippen LogP contribution in [0.15, 0.2) is 53.4 Å². The minimum Gasteiger partial charge on any atom is -0.353 e. The van der Waals surface area contributed by atoms with E-state index in [4.69, 9.17) is 11.6 Å². The molecule has 2 heterocycles. The molecule has 8 nitrogen and oxygen atoms in total. The van der Waals surface area contributed by atoms with Crippen LogP contribution in [-0.2, 0) is 24.4 Å². The molecule has 0 aromatic heterocycles. The van der Waals surface area contributed by atoms with Crippen molar-refractivity contribution in [3.8, 4) is 0 Å². The monoisotopic (exact) mass is 447 g/mol. The summed E-state index contributed by atoms with van der Waals surface area (Å²) in [5, 5.41) is 3.09. The zero-order valence-corrected chi connectivity index (χ0v) is 17.3. The Kier molecular flexibility index (Phi) is 5.35. The van der Waals surface area contributed by atoms with E-state index in [1.54, 1.807) is 24.3 Å². The molecular formula is C20H18ClN3O5S. The number of nitrogens with zero attached hydrogens (tertiary/aromatic N) is 2. The van der Waals surface area contributed by atoms with Gasteiger partial charge in [0, 0.05) is 31.0 Å². The number of sulfonamides is 1. The smallest absolute Gasteiger partial charge is 0.244 e. The van der Waals surface area contributed by atoms with Crippen LogP contribution in [0.3, 0.4) is 0 Å². The molecule has 1 atom stereocenters. The number of rotatable bonds is 4. The van der Waals surface area contributed by atoms with Crippen molar-refractivity contribution in [1.82, 2.24) is 9.62 Å². The van der Waals surface area contributed by atoms with Gasteiger partial charge < -0.3 is 5.32 Å². The summed E-state index contributed by atoms with van der Waals surface area (Å²) >= 11 is 6.03. The van der Waals surface area contributed by atoms with Crippen molar-refractivity contribution in [3.05, 3.63) is 59.1 Å². The zero-order chi connectivity index (χ0) is 21.5. The number of carbonyl (C=O) groups excluding carboxylic acids is 3. The average molecular weight is 448 g/mol. The first-order valence-corrected chi connectivity index (χ1v) is 11.1. The molecule has 0 bridgehead atoms. The first-order valence-electron chi connectivity index (χ1n) is 9.30. The molecule has 0 saturated carbocycles. The molecule has 0 aliphatic carbocycles. The molecule has 3 amide bonds. The Morgan fingerprint density at radius 2 is 1.63 bits per heavy atom. The van der Waals surface area contributed by atoms with Crippen molar-refractivity contribution in [2.24, 2.45) is 0 Å². The molecule has 0 spiro atoms. The number of piperazine rings is 1. The van der Waals surface area contributed by atoms with Crippen molar-refractivity contribution < 1.29 is 22.8 Å². The standard InChI is InChI=1S/C20H18ClN3O5S/c21-14-3-1-2-13(12-14)19-20(27)22-10-11-23(19)30(28,29)16-6-4-15(5-7-16)24-17(25)8-9-18(24)26/h1-7,12,19H,8-11H2,(H,22,27). The summed E-state index contributed by atoms with van der Waals surface area (Å²) in [4.78, 5) is 37.4. The Labute approximate surface area is 178 Å². The predicted octanol–water partition coefficient (Wildman–Crippen LogP) is 1.86. The Bertz CT molecular complexity index is 1120. The number of imide groups is 1. The van der Waals surface area contributed by atoms with Crippen LogP contribution in [0.1, 0.15) is 24.4 Å². The van der Waals surface area contributed by atoms with Gasteiger partial charge in [0.05, 0.1) is 10.6 Å². The van der Waals surface area contributed by atoms with E-state index < -0.39 is 22.0 Å². The molecule has 2 aliphatic heterocycles. The van der Waals surface area contributed by atoms with Crippen LogP contribution in [0.5, 0.6) is 0 Å². The number of amides is 3. The SMILES string of the molecule is O=C1NCCN(S(=O)(=O)c2ccc(N3C(=O)CCC3=O)cc2)C1c1cccc(Cl)c1. The summed E-state index contributed by atoms with van der Waals surface area (Å²) in [5.74, 6) is -1.06. The van der Waals surface area contributed by atoms with Gasteiger partial charge in [-0.3, -0.25) is 19.3 Å². The van der Waals surface area contributed by atoms with E-state index in [-0.39, 0.29) is 42.6 Å². The maximum absolute atomic E-state index is 13.3. The largest absolute Gasteiger partial charge is 0.353 e. The lowest BCUT2D eigenvalue weighted by molar-refractivity contribution is -0.127. The second-order valence-electron chi connectivity index (χ2n) is 6.98. The Morgan fingerprint density at radius 3 is 2.27 bits per heavy atom. The molecule has 4 rings (SSSR count). The number of hydrogen-bond donors (Lipinski definition) is 1. The van der Waals surface area contributed by atoms with Crippen LogP contribution in [0, 0.1) is 0 Å². The molecule has 156 valence electrons. The van der Waals surface area contributed by atoms with Gasteiger partial charge in [-0.25, -0.2) is 8.42 Å². The third kappa shape index (κ3) is 3.60. The highest BCUT2D eigenvalue weighted by atomic mass is 35.5. The van der Waals surface area contributed by atoms with E-state index in [2.05, 4.69) is 5.32 Å². The van der Waals surface area contributed by atoms with Crippen molar-refractivity contribution in [3.63, 3.8) is 0 Å². The molecule has 1 unspecified atom stereocenters. The fourth-order valence-corrected chi connectivity index (χ4v) is 5.44. The maximum Gasteiger partial charge on any atom is 0.244 e. The Morgan fingerprint density at radius 1 is 0.967 bits per heavy atom. The first kappa shape index (κ1) is 20.5. The first-order chi connectivity index (χ1) is 14.3. The van der Waals surface area contributed by atoms with Gasteiger partial charge in [0.2, 0.25) is 27.7 Å². The molecular weight excluding hydrogens is 430 g/mol. The van der Waals surface area contributed by atoms with Gasteiger partial charge in [0.1, 0.15) is 6.04 Å². The molecule has 2 aromatic rings. The summed E-state index contributed by atoms with van der Waals surface area (Å²) < 4.78 is 27.8. The van der Waals surface area contributed by atoms with Gasteiger partial charge in [0.15, 0.2) is 0 Å². The quantitative estimate of drug-likeness (QED) is 0.720. The summed E-state index contributed by atoms with van der Waals surface area (Å²) in [6.07, 6.45) is 0.284. The highest BCUT2D eigenvalue weighted by Crippen LogP contribution is 2.32. The minimum absolute atomic E-state index is 0.0351. The third-order valence-corrected chi connectivity index (χ3v) is 7.20. The number of carbonyl (C=O) groups is 3. The van der Waals surface area contributed by atoms with E-state index in [0.717, 1.165) is 9.21 Å². The molecule has 0 radical (unpaired) electrons. The predicted molar refractivity (Wildman–Crippen MR) is 109 cm³/mol. The van der Waals surface area contributed by atoms with Crippen LogP contribution in [-0.4, -0.2) is 43.5 Å². The van der Waals surface area contributed by atoms with Gasteiger partial charge >= 0.3 is 0 Å². The second-order valence-corrected chi connectivity index (χ2v) is 9.31. The van der Waals surface area contributed by atoms with Crippen molar-refractivity contribution in [1.29, 1.82) is 0 Å². The lowest BCUT2D eigenvalue weighted by Crippen LogP contribution is -2.52. The highest BCUT2D eigenvalue weighted by Gasteiger charge is 2.40. The zero-order valence-electron chi connectivity index (χ0n) is 15.7. The van der Waals surface area contributed by atoms with E-state index >= 15 is 0 Å². The molecule has 1 N–H and O–H groups in total. The summed E-state index contributed by atoms with van der Waals surface area (Å²) in [6.45, 7) is 0.278. The van der Waals surface area contributed by atoms with Crippen LogP contribution >= 0.6 is 11.6 Å². The molecule has 2 saturated heterocycles. The van der Waals surface area contributed by atoms with Gasteiger partial charge in [-0.15, -0.1) is 0 Å². The highest BCUT2D eigenvalue weighted by molar-refractivity contribution is 7.89. The minimum atomic E-state index is -4.03. The average Bonchev–Trinajstić information content (AvgIpc) is 3.06. The lowest BCUT2D eigenvalue weighted by Gasteiger charge is -2.34. The van der Waals surface area contributed by atoms with Gasteiger partial charge in [0.25, 0.3) is 0 Å². The van der Waals surface area contributed by atoms with Crippen LogP contribution < -0.4 is 10.2 Å². The number of nitrogens with one attached hydrogen (secondary N) is 1. The number of hydrogen-bond acceptors (Lipinski definition) is 5. The second kappa shape index (κ2) is 7.82. The van der Waals surface area contributed by atoms with Crippen molar-refractivity contribution >= 4 is 45.0 Å². The topological polar surface area (TPSA) is 104 Å².